The van der Waals surface area contributed by atoms with Gasteiger partial charge >= 0.3 is 0 Å². The highest BCUT2D eigenvalue weighted by molar-refractivity contribution is 5.85. The molecule has 0 aromatic heterocycles. The summed E-state index contributed by atoms with van der Waals surface area (Å²) in [4.78, 5) is 2.37. The minimum atomic E-state index is 0. The van der Waals surface area contributed by atoms with Crippen LogP contribution in [0.4, 0.5) is 22.7 Å². The summed E-state index contributed by atoms with van der Waals surface area (Å²) in [6.45, 7) is 4.97. The zero-order valence-corrected chi connectivity index (χ0v) is 30.9. The van der Waals surface area contributed by atoms with E-state index in [9.17, 15) is 0 Å². The molecule has 0 saturated heterocycles. The molecule has 0 atom stereocenters. The molecule has 52 heavy (non-hydrogen) atoms. The molecule has 7 rings (SSSR count). The van der Waals surface area contributed by atoms with Crippen molar-refractivity contribution in [3.8, 4) is 0 Å². The van der Waals surface area contributed by atoms with Gasteiger partial charge < -0.3 is 17.3 Å². The molecule has 0 bridgehead atoms. The molecule has 0 aliphatic heterocycles. The Morgan fingerprint density at radius 3 is 0.923 bits per heavy atom. The molecule has 0 aliphatic rings. The molecule has 7 aromatic rings. The van der Waals surface area contributed by atoms with Gasteiger partial charge in [0.25, 0.3) is 0 Å². The molecule has 0 saturated carbocycles. The molecule has 0 radical (unpaired) electrons. The standard InChI is InChI=1S/C24H20N.C24H25N.2ClH/c1-5-13-21(14-6-1)25(22-15-7-2-8-16-22,23-17-9-3-10-18-23)24-19-11-4-12-20-24;1-2-25(20-23-16-10-5-11-17-23)24(18-21-12-6-3-7-13-21)19-22-14-8-4-9-15-22;;/h1-20H;2-17,24H,1,18-20H2;2*1H/q+1;;;/p-1. The number of halogens is 2. The maximum absolute atomic E-state index is 4.09. The number of benzene rings is 7. The fraction of sp³-hybridized carbons (Fsp3) is 0.0833. The first-order valence-electron chi connectivity index (χ1n) is 17.4. The maximum atomic E-state index is 4.09. The van der Waals surface area contributed by atoms with Gasteiger partial charge in [0.05, 0.1) is 0 Å². The van der Waals surface area contributed by atoms with Crippen LogP contribution < -0.4 is 16.9 Å². The number of hydrogen-bond acceptors (Lipinski definition) is 1. The summed E-state index contributed by atoms with van der Waals surface area (Å²) in [6.07, 6.45) is 4.01. The van der Waals surface area contributed by atoms with Crippen LogP contribution in [0.25, 0.3) is 0 Å². The Kier molecular flexibility index (Phi) is 15.5. The fourth-order valence-corrected chi connectivity index (χ4v) is 6.72. The molecular formula is C48H46Cl2N2. The molecule has 0 amide bonds. The van der Waals surface area contributed by atoms with Crippen molar-refractivity contribution in [3.05, 3.63) is 242 Å². The first-order valence-corrected chi connectivity index (χ1v) is 17.4. The van der Waals surface area contributed by atoms with Crippen molar-refractivity contribution in [1.82, 2.24) is 9.38 Å². The van der Waals surface area contributed by atoms with Crippen molar-refractivity contribution < 1.29 is 12.4 Å². The third kappa shape index (κ3) is 9.90. The lowest BCUT2D eigenvalue weighted by Gasteiger charge is -2.37. The van der Waals surface area contributed by atoms with Crippen LogP contribution in [0.1, 0.15) is 16.7 Å². The third-order valence-corrected chi connectivity index (χ3v) is 9.11. The molecule has 262 valence electrons. The summed E-state index contributed by atoms with van der Waals surface area (Å²) in [7, 11) is 0. The minimum Gasteiger partial charge on any atom is -1.00 e. The summed E-state index contributed by atoms with van der Waals surface area (Å²) in [5.41, 5.74) is 8.90. The average molecular weight is 722 g/mol. The van der Waals surface area contributed by atoms with Crippen molar-refractivity contribution in [2.24, 2.45) is 0 Å². The van der Waals surface area contributed by atoms with E-state index < -0.39 is 0 Å². The predicted octanol–water partition coefficient (Wildman–Crippen LogP) is 9.90. The zero-order chi connectivity index (χ0) is 34.3. The molecule has 0 unspecified atom stereocenters. The lowest BCUT2D eigenvalue weighted by Crippen LogP contribution is -3.00. The van der Waals surface area contributed by atoms with Crippen molar-refractivity contribution >= 4 is 35.2 Å². The summed E-state index contributed by atoms with van der Waals surface area (Å²) in [5.74, 6) is 0. The van der Waals surface area contributed by atoms with Gasteiger partial charge in [-0.15, -0.1) is 12.4 Å². The maximum Gasteiger partial charge on any atom is 0.148 e. The van der Waals surface area contributed by atoms with Gasteiger partial charge in [0.1, 0.15) is 22.7 Å². The summed E-state index contributed by atoms with van der Waals surface area (Å²) >= 11 is 0. The topological polar surface area (TPSA) is 3.24 Å². The van der Waals surface area contributed by atoms with Gasteiger partial charge in [0.15, 0.2) is 0 Å². The number of quaternary nitrogens is 1. The Balaban J connectivity index is 0.000000224. The van der Waals surface area contributed by atoms with Gasteiger partial charge in [-0.25, -0.2) is 0 Å². The Hall–Kier alpha value is -5.38. The Morgan fingerprint density at radius 2 is 0.654 bits per heavy atom. The van der Waals surface area contributed by atoms with Gasteiger partial charge in [0.2, 0.25) is 0 Å². The highest BCUT2D eigenvalue weighted by Gasteiger charge is 2.38. The van der Waals surface area contributed by atoms with E-state index in [4.69, 9.17) is 0 Å². The van der Waals surface area contributed by atoms with Crippen LogP contribution in [-0.4, -0.2) is 10.9 Å². The Labute approximate surface area is 322 Å². The van der Waals surface area contributed by atoms with E-state index in [1.807, 2.05) is 6.20 Å². The largest absolute Gasteiger partial charge is 1.00 e. The van der Waals surface area contributed by atoms with Crippen LogP contribution in [0.3, 0.4) is 0 Å². The number of hydrogen-bond donors (Lipinski definition) is 0. The van der Waals surface area contributed by atoms with E-state index in [1.54, 1.807) is 0 Å². The van der Waals surface area contributed by atoms with Gasteiger partial charge in [-0.2, -0.15) is 4.48 Å². The normalized spacial score (nSPS) is 10.5. The molecule has 0 aliphatic carbocycles. The lowest BCUT2D eigenvalue weighted by atomic mass is 9.97. The van der Waals surface area contributed by atoms with E-state index in [2.05, 4.69) is 224 Å². The van der Waals surface area contributed by atoms with Crippen molar-refractivity contribution in [2.75, 3.05) is 0 Å². The monoisotopic (exact) mass is 720 g/mol. The van der Waals surface area contributed by atoms with Gasteiger partial charge in [-0.05, 0) is 35.7 Å². The molecule has 2 nitrogen and oxygen atoms in total. The second kappa shape index (κ2) is 20.5. The second-order valence-corrected chi connectivity index (χ2v) is 12.4. The van der Waals surface area contributed by atoms with Gasteiger partial charge in [-0.1, -0.05) is 170 Å². The summed E-state index contributed by atoms with van der Waals surface area (Å²) < 4.78 is 0.559. The van der Waals surface area contributed by atoms with E-state index in [0.717, 1.165) is 19.4 Å². The van der Waals surface area contributed by atoms with E-state index in [-0.39, 0.29) is 24.8 Å². The predicted molar refractivity (Wildman–Crippen MR) is 220 cm³/mol. The van der Waals surface area contributed by atoms with Crippen LogP contribution in [0, 0.1) is 0 Å². The summed E-state index contributed by atoms with van der Waals surface area (Å²) in [5, 5.41) is 0. The molecular weight excluding hydrogens is 675 g/mol. The number of nitrogens with zero attached hydrogens (tertiary/aromatic N) is 2. The number of rotatable bonds is 12. The molecule has 4 heteroatoms. The minimum absolute atomic E-state index is 0. The molecule has 0 fully saturated rings. The first-order chi connectivity index (χ1) is 24.8. The molecule has 0 spiro atoms. The smallest absolute Gasteiger partial charge is 0.148 e. The molecule has 0 heterocycles. The SMILES string of the molecule is C=CN(Cc1ccccc1)C(Cc1ccccc1)Cc1ccccc1.Cl.[Cl-].c1ccc([N+](c2ccccc2)(c2ccccc2)c2ccccc2)cc1. The summed E-state index contributed by atoms with van der Waals surface area (Å²) in [6, 6.07) is 75.2. The van der Waals surface area contributed by atoms with Crippen LogP contribution >= 0.6 is 12.4 Å². The highest BCUT2D eigenvalue weighted by atomic mass is 35.5. The van der Waals surface area contributed by atoms with Gasteiger partial charge in [0, 0.05) is 61.1 Å². The quantitative estimate of drug-likeness (QED) is 0.114. The highest BCUT2D eigenvalue weighted by Crippen LogP contribution is 2.50. The zero-order valence-electron chi connectivity index (χ0n) is 29.4. The van der Waals surface area contributed by atoms with Crippen LogP contribution in [0.5, 0.6) is 0 Å². The average Bonchev–Trinajstić information content (AvgIpc) is 3.20. The van der Waals surface area contributed by atoms with E-state index >= 15 is 0 Å². The third-order valence-electron chi connectivity index (χ3n) is 9.11. The van der Waals surface area contributed by atoms with Crippen LogP contribution in [0.15, 0.2) is 225 Å². The molecule has 7 aromatic carbocycles. The van der Waals surface area contributed by atoms with Crippen molar-refractivity contribution in [3.63, 3.8) is 0 Å². The Morgan fingerprint density at radius 1 is 0.404 bits per heavy atom. The van der Waals surface area contributed by atoms with E-state index in [1.165, 1.54) is 39.4 Å². The van der Waals surface area contributed by atoms with Gasteiger partial charge in [-0.3, -0.25) is 0 Å². The van der Waals surface area contributed by atoms with E-state index in [0.29, 0.717) is 10.5 Å². The van der Waals surface area contributed by atoms with Crippen LogP contribution in [0.2, 0.25) is 0 Å². The number of para-hydroxylation sites is 4. The Bertz CT molecular complexity index is 1770. The van der Waals surface area contributed by atoms with Crippen LogP contribution in [-0.2, 0) is 19.4 Å². The van der Waals surface area contributed by atoms with Crippen molar-refractivity contribution in [2.45, 2.75) is 25.4 Å². The second-order valence-electron chi connectivity index (χ2n) is 12.4. The lowest BCUT2D eigenvalue weighted by molar-refractivity contribution is -0.0000101. The molecule has 0 N–H and O–H groups in total. The van der Waals surface area contributed by atoms with Crippen molar-refractivity contribution in [1.29, 1.82) is 0 Å². The fourth-order valence-electron chi connectivity index (χ4n) is 6.72. The first kappa shape index (κ1) is 39.4.